The molecule has 1 amide bonds. The summed E-state index contributed by atoms with van der Waals surface area (Å²) in [6.07, 6.45) is 2.99. The van der Waals surface area contributed by atoms with Gasteiger partial charge in [-0.3, -0.25) is 9.52 Å². The lowest BCUT2D eigenvalue weighted by Crippen LogP contribution is -2.29. The van der Waals surface area contributed by atoms with E-state index in [-0.39, 0.29) is 28.1 Å². The number of ether oxygens (including phenoxy) is 1. The molecular formula is C27H30N2O4S. The van der Waals surface area contributed by atoms with E-state index >= 15 is 0 Å². The molecule has 0 saturated heterocycles. The zero-order valence-corrected chi connectivity index (χ0v) is 20.3. The fourth-order valence-electron chi connectivity index (χ4n) is 3.65. The van der Waals surface area contributed by atoms with Crippen molar-refractivity contribution >= 4 is 21.6 Å². The summed E-state index contributed by atoms with van der Waals surface area (Å²) in [5, 5.41) is 3.05. The minimum Gasteiger partial charge on any atom is -0.493 e. The number of carbonyl (C=O) groups excluding carboxylic acids is 1. The molecule has 1 atom stereocenters. The molecule has 0 radical (unpaired) electrons. The van der Waals surface area contributed by atoms with Gasteiger partial charge in [0.25, 0.3) is 15.9 Å². The summed E-state index contributed by atoms with van der Waals surface area (Å²) < 4.78 is 34.5. The highest BCUT2D eigenvalue weighted by Gasteiger charge is 2.24. The van der Waals surface area contributed by atoms with Crippen molar-refractivity contribution in [1.29, 1.82) is 0 Å². The summed E-state index contributed by atoms with van der Waals surface area (Å²) in [6.45, 7) is 4.48. The van der Waals surface area contributed by atoms with Gasteiger partial charge in [0.15, 0.2) is 0 Å². The van der Waals surface area contributed by atoms with Crippen LogP contribution in [0.25, 0.3) is 0 Å². The predicted molar refractivity (Wildman–Crippen MR) is 134 cm³/mol. The normalized spacial score (nSPS) is 14.3. The van der Waals surface area contributed by atoms with E-state index in [1.54, 1.807) is 42.5 Å². The van der Waals surface area contributed by atoms with Crippen molar-refractivity contribution < 1.29 is 17.9 Å². The fourth-order valence-corrected chi connectivity index (χ4v) is 4.73. The molecule has 0 spiro atoms. The van der Waals surface area contributed by atoms with Crippen LogP contribution in [0.15, 0.2) is 77.7 Å². The largest absolute Gasteiger partial charge is 0.493 e. The molecule has 1 aliphatic carbocycles. The Labute approximate surface area is 201 Å². The average Bonchev–Trinajstić information content (AvgIpc) is 3.67. The number of rotatable bonds is 10. The maximum Gasteiger partial charge on any atom is 0.261 e. The average molecular weight is 479 g/mol. The maximum absolute atomic E-state index is 13.4. The number of amides is 1. The first kappa shape index (κ1) is 23.8. The Bertz CT molecular complexity index is 1240. The second-order valence-corrected chi connectivity index (χ2v) is 10.4. The van der Waals surface area contributed by atoms with Crippen molar-refractivity contribution in [3.05, 3.63) is 89.5 Å². The quantitative estimate of drug-likeness (QED) is 0.405. The molecule has 1 saturated carbocycles. The highest BCUT2D eigenvalue weighted by molar-refractivity contribution is 7.92. The van der Waals surface area contributed by atoms with Gasteiger partial charge in [0.1, 0.15) is 5.75 Å². The van der Waals surface area contributed by atoms with Crippen molar-refractivity contribution in [2.24, 2.45) is 5.92 Å². The van der Waals surface area contributed by atoms with Gasteiger partial charge >= 0.3 is 0 Å². The van der Waals surface area contributed by atoms with Crippen molar-refractivity contribution in [1.82, 2.24) is 5.32 Å². The number of sulfonamides is 1. The second kappa shape index (κ2) is 10.3. The first-order valence-corrected chi connectivity index (χ1v) is 13.1. The van der Waals surface area contributed by atoms with E-state index in [1.807, 2.05) is 44.2 Å². The Morgan fingerprint density at radius 2 is 1.74 bits per heavy atom. The fraction of sp³-hybridized carbons (Fsp3) is 0.296. The van der Waals surface area contributed by atoms with Crippen LogP contribution in [0.2, 0.25) is 0 Å². The van der Waals surface area contributed by atoms with Crippen LogP contribution in [0.4, 0.5) is 5.69 Å². The monoisotopic (exact) mass is 478 g/mol. The molecule has 178 valence electrons. The van der Waals surface area contributed by atoms with Crippen LogP contribution in [-0.4, -0.2) is 20.9 Å². The van der Waals surface area contributed by atoms with Crippen LogP contribution in [-0.2, 0) is 10.0 Å². The molecule has 34 heavy (non-hydrogen) atoms. The van der Waals surface area contributed by atoms with Crippen LogP contribution < -0.4 is 14.8 Å². The highest BCUT2D eigenvalue weighted by Crippen LogP contribution is 2.31. The second-order valence-electron chi connectivity index (χ2n) is 8.73. The molecule has 0 aromatic heterocycles. The Morgan fingerprint density at radius 1 is 1.03 bits per heavy atom. The van der Waals surface area contributed by atoms with E-state index in [0.29, 0.717) is 24.7 Å². The van der Waals surface area contributed by atoms with Crippen molar-refractivity contribution in [3.8, 4) is 5.75 Å². The van der Waals surface area contributed by atoms with Gasteiger partial charge in [-0.25, -0.2) is 8.42 Å². The van der Waals surface area contributed by atoms with E-state index in [4.69, 9.17) is 4.74 Å². The van der Waals surface area contributed by atoms with Gasteiger partial charge in [-0.05, 0) is 68.0 Å². The number of anilines is 1. The Kier molecular flexibility index (Phi) is 7.22. The van der Waals surface area contributed by atoms with Crippen molar-refractivity contribution in [2.75, 3.05) is 11.3 Å². The predicted octanol–water partition coefficient (Wildman–Crippen LogP) is 5.47. The molecule has 4 rings (SSSR count). The van der Waals surface area contributed by atoms with E-state index in [2.05, 4.69) is 10.0 Å². The number of hydrogen-bond donors (Lipinski definition) is 2. The molecule has 2 N–H and O–H groups in total. The molecule has 1 fully saturated rings. The zero-order chi connectivity index (χ0) is 24.1. The van der Waals surface area contributed by atoms with Gasteiger partial charge in [-0.2, -0.15) is 0 Å². The summed E-state index contributed by atoms with van der Waals surface area (Å²) in [5.41, 5.74) is 2.38. The summed E-state index contributed by atoms with van der Waals surface area (Å²) in [7, 11) is -3.87. The third-order valence-electron chi connectivity index (χ3n) is 5.91. The summed E-state index contributed by atoms with van der Waals surface area (Å²) in [5.74, 6) is 0.733. The molecule has 0 unspecified atom stereocenters. The standard InChI is InChI=1S/C27H30N2O4S/c1-3-25(21-7-5-4-6-8-21)28-27(30)24-17-22(33-18-20-11-12-20)13-16-26(24)29-34(31,32)23-14-9-19(2)10-15-23/h4-10,13-17,20,25,29H,3,11-12,18H2,1-2H3,(H,28,30)/t25-/m0/s1. The number of aryl methyl sites for hydroxylation is 1. The first-order chi connectivity index (χ1) is 16.4. The Hall–Kier alpha value is -3.32. The molecule has 3 aromatic carbocycles. The number of hydrogen-bond acceptors (Lipinski definition) is 4. The summed E-state index contributed by atoms with van der Waals surface area (Å²) in [4.78, 5) is 13.5. The van der Waals surface area contributed by atoms with Gasteiger partial charge in [-0.1, -0.05) is 55.0 Å². The minimum absolute atomic E-state index is 0.134. The van der Waals surface area contributed by atoms with Crippen LogP contribution in [0.5, 0.6) is 5.75 Å². The Morgan fingerprint density at radius 3 is 2.38 bits per heavy atom. The molecule has 0 bridgehead atoms. The van der Waals surface area contributed by atoms with Crippen LogP contribution in [0.3, 0.4) is 0 Å². The lowest BCUT2D eigenvalue weighted by Gasteiger charge is -2.20. The molecule has 7 heteroatoms. The summed E-state index contributed by atoms with van der Waals surface area (Å²) in [6, 6.07) is 21.0. The van der Waals surface area contributed by atoms with Crippen molar-refractivity contribution in [3.63, 3.8) is 0 Å². The topological polar surface area (TPSA) is 84.5 Å². The molecule has 3 aromatic rings. The summed E-state index contributed by atoms with van der Waals surface area (Å²) >= 11 is 0. The van der Waals surface area contributed by atoms with E-state index in [0.717, 1.165) is 24.0 Å². The van der Waals surface area contributed by atoms with Gasteiger partial charge in [0.2, 0.25) is 0 Å². The lowest BCUT2D eigenvalue weighted by molar-refractivity contribution is 0.0936. The van der Waals surface area contributed by atoms with E-state index in [1.165, 1.54) is 0 Å². The lowest BCUT2D eigenvalue weighted by atomic mass is 10.0. The van der Waals surface area contributed by atoms with E-state index in [9.17, 15) is 13.2 Å². The highest BCUT2D eigenvalue weighted by atomic mass is 32.2. The smallest absolute Gasteiger partial charge is 0.261 e. The van der Waals surface area contributed by atoms with Crippen LogP contribution >= 0.6 is 0 Å². The number of carbonyl (C=O) groups is 1. The van der Waals surface area contributed by atoms with Crippen LogP contribution in [0.1, 0.15) is 53.7 Å². The molecule has 0 heterocycles. The molecule has 6 nitrogen and oxygen atoms in total. The van der Waals surface area contributed by atoms with E-state index < -0.39 is 10.0 Å². The van der Waals surface area contributed by atoms with Gasteiger partial charge in [-0.15, -0.1) is 0 Å². The van der Waals surface area contributed by atoms with Crippen LogP contribution in [0, 0.1) is 12.8 Å². The minimum atomic E-state index is -3.87. The molecular weight excluding hydrogens is 448 g/mol. The molecule has 1 aliphatic rings. The third kappa shape index (κ3) is 5.97. The Balaban J connectivity index is 1.62. The van der Waals surface area contributed by atoms with Gasteiger partial charge < -0.3 is 10.1 Å². The van der Waals surface area contributed by atoms with Gasteiger partial charge in [0, 0.05) is 0 Å². The number of nitrogens with one attached hydrogen (secondary N) is 2. The SMILES string of the molecule is CC[C@H](NC(=O)c1cc(OCC2CC2)ccc1NS(=O)(=O)c1ccc(C)cc1)c1ccccc1. The zero-order valence-electron chi connectivity index (χ0n) is 19.5. The first-order valence-electron chi connectivity index (χ1n) is 11.6. The maximum atomic E-state index is 13.4. The van der Waals surface area contributed by atoms with Crippen molar-refractivity contribution in [2.45, 2.75) is 44.0 Å². The van der Waals surface area contributed by atoms with Gasteiger partial charge in [0.05, 0.1) is 28.8 Å². The number of benzene rings is 3. The third-order valence-corrected chi connectivity index (χ3v) is 7.29. The molecule has 0 aliphatic heterocycles.